The molecule has 0 bridgehead atoms. The lowest BCUT2D eigenvalue weighted by Gasteiger charge is -2.16. The molecule has 108 valence electrons. The predicted octanol–water partition coefficient (Wildman–Crippen LogP) is 1.50. The summed E-state index contributed by atoms with van der Waals surface area (Å²) in [6.07, 6.45) is 3.40. The number of amides is 1. The summed E-state index contributed by atoms with van der Waals surface area (Å²) in [5, 5.41) is 2.83. The molecule has 20 heavy (non-hydrogen) atoms. The van der Waals surface area contributed by atoms with Crippen molar-refractivity contribution < 1.29 is 13.9 Å². The second kappa shape index (κ2) is 5.40. The van der Waals surface area contributed by atoms with E-state index in [1.54, 1.807) is 6.07 Å². The van der Waals surface area contributed by atoms with Crippen molar-refractivity contribution in [1.82, 2.24) is 5.32 Å². The number of ether oxygens (including phenoxy) is 1. The van der Waals surface area contributed by atoms with Gasteiger partial charge in [0.1, 0.15) is 11.6 Å². The summed E-state index contributed by atoms with van der Waals surface area (Å²) < 4.78 is 19.3. The molecule has 0 spiro atoms. The molecule has 1 saturated carbocycles. The molecule has 1 heterocycles. The summed E-state index contributed by atoms with van der Waals surface area (Å²) in [5.41, 5.74) is 7.33. The lowest BCUT2D eigenvalue weighted by atomic mass is 10.0. The maximum Gasteiger partial charge on any atom is 0.224 e. The van der Waals surface area contributed by atoms with Crippen LogP contribution in [0.5, 0.6) is 5.75 Å². The number of carbonyl (C=O) groups is 1. The lowest BCUT2D eigenvalue weighted by Crippen LogP contribution is -2.38. The van der Waals surface area contributed by atoms with E-state index in [1.165, 1.54) is 6.07 Å². The molecule has 3 rings (SSSR count). The molecule has 1 amide bonds. The molecular weight excluding hydrogens is 259 g/mol. The van der Waals surface area contributed by atoms with Gasteiger partial charge in [0.15, 0.2) is 0 Å². The fourth-order valence-electron chi connectivity index (χ4n) is 3.13. The van der Waals surface area contributed by atoms with Crippen molar-refractivity contribution in [3.05, 3.63) is 29.1 Å². The van der Waals surface area contributed by atoms with E-state index in [-0.39, 0.29) is 30.2 Å². The van der Waals surface area contributed by atoms with Crippen LogP contribution < -0.4 is 15.8 Å². The van der Waals surface area contributed by atoms with Crippen molar-refractivity contribution in [1.29, 1.82) is 0 Å². The van der Waals surface area contributed by atoms with Gasteiger partial charge in [-0.2, -0.15) is 0 Å². The van der Waals surface area contributed by atoms with E-state index in [2.05, 4.69) is 5.32 Å². The van der Waals surface area contributed by atoms with Crippen molar-refractivity contribution >= 4 is 5.91 Å². The smallest absolute Gasteiger partial charge is 0.224 e. The molecule has 2 atom stereocenters. The normalized spacial score (nSPS) is 24.3. The number of rotatable bonds is 3. The molecule has 4 nitrogen and oxygen atoms in total. The first-order valence-electron chi connectivity index (χ1n) is 7.13. The Morgan fingerprint density at radius 2 is 2.30 bits per heavy atom. The molecule has 0 aromatic heterocycles. The molecule has 0 radical (unpaired) electrons. The minimum atomic E-state index is -0.287. The summed E-state index contributed by atoms with van der Waals surface area (Å²) in [5.74, 6) is 0.246. The minimum Gasteiger partial charge on any atom is -0.493 e. The SMILES string of the molecule is N[C@@H]1CCC[C@H]1C(=O)NCc1c(F)ccc2c1CCO2. The third-order valence-electron chi connectivity index (χ3n) is 4.29. The Kier molecular flexibility index (Phi) is 3.61. The summed E-state index contributed by atoms with van der Waals surface area (Å²) in [6, 6.07) is 2.98. The highest BCUT2D eigenvalue weighted by Crippen LogP contribution is 2.30. The number of fused-ring (bicyclic) bond motifs is 1. The number of halogens is 1. The van der Waals surface area contributed by atoms with Gasteiger partial charge in [-0.3, -0.25) is 4.79 Å². The molecule has 1 aliphatic heterocycles. The van der Waals surface area contributed by atoms with Gasteiger partial charge in [-0.05, 0) is 25.0 Å². The number of carbonyl (C=O) groups excluding carboxylic acids is 1. The van der Waals surface area contributed by atoms with Crippen LogP contribution >= 0.6 is 0 Å². The summed E-state index contributed by atoms with van der Waals surface area (Å²) in [4.78, 5) is 12.1. The van der Waals surface area contributed by atoms with Crippen LogP contribution in [0.2, 0.25) is 0 Å². The zero-order valence-corrected chi connectivity index (χ0v) is 11.3. The van der Waals surface area contributed by atoms with Crippen LogP contribution in [0.3, 0.4) is 0 Å². The number of hydrogen-bond donors (Lipinski definition) is 2. The fraction of sp³-hybridized carbons (Fsp3) is 0.533. The van der Waals surface area contributed by atoms with Crippen molar-refractivity contribution in [2.45, 2.75) is 38.3 Å². The molecule has 0 unspecified atom stereocenters. The van der Waals surface area contributed by atoms with Crippen LogP contribution in [0, 0.1) is 11.7 Å². The molecule has 3 N–H and O–H groups in total. The first-order valence-corrected chi connectivity index (χ1v) is 7.13. The minimum absolute atomic E-state index is 0.0640. The van der Waals surface area contributed by atoms with E-state index in [4.69, 9.17) is 10.5 Å². The van der Waals surface area contributed by atoms with Crippen molar-refractivity contribution in [3.8, 4) is 5.75 Å². The van der Waals surface area contributed by atoms with Crippen LogP contribution in [-0.2, 0) is 17.8 Å². The van der Waals surface area contributed by atoms with E-state index >= 15 is 0 Å². The van der Waals surface area contributed by atoms with E-state index in [0.717, 1.165) is 30.6 Å². The van der Waals surface area contributed by atoms with E-state index in [1.807, 2.05) is 0 Å². The molecule has 5 heteroatoms. The highest BCUT2D eigenvalue weighted by molar-refractivity contribution is 5.79. The van der Waals surface area contributed by atoms with Gasteiger partial charge in [0.25, 0.3) is 0 Å². The average molecular weight is 278 g/mol. The quantitative estimate of drug-likeness (QED) is 0.880. The van der Waals surface area contributed by atoms with Crippen LogP contribution in [0.1, 0.15) is 30.4 Å². The van der Waals surface area contributed by atoms with E-state index in [0.29, 0.717) is 18.6 Å². The molecule has 1 aromatic carbocycles. The molecular formula is C15H19FN2O2. The van der Waals surface area contributed by atoms with Gasteiger partial charge in [0, 0.05) is 30.1 Å². The number of nitrogens with one attached hydrogen (secondary N) is 1. The molecule has 1 aromatic rings. The number of benzene rings is 1. The molecule has 1 fully saturated rings. The molecule has 0 saturated heterocycles. The van der Waals surface area contributed by atoms with Gasteiger partial charge in [0.05, 0.1) is 12.5 Å². The van der Waals surface area contributed by atoms with Gasteiger partial charge < -0.3 is 15.8 Å². The first-order chi connectivity index (χ1) is 9.66. The summed E-state index contributed by atoms with van der Waals surface area (Å²) >= 11 is 0. The van der Waals surface area contributed by atoms with Gasteiger partial charge >= 0.3 is 0 Å². The van der Waals surface area contributed by atoms with Crippen LogP contribution in [0.15, 0.2) is 12.1 Å². The highest BCUT2D eigenvalue weighted by Gasteiger charge is 2.30. The van der Waals surface area contributed by atoms with Gasteiger partial charge in [-0.1, -0.05) is 6.42 Å². The van der Waals surface area contributed by atoms with Gasteiger partial charge in [-0.25, -0.2) is 4.39 Å². The Labute approximate surface area is 117 Å². The maximum absolute atomic E-state index is 13.9. The van der Waals surface area contributed by atoms with E-state index in [9.17, 15) is 9.18 Å². The second-order valence-electron chi connectivity index (χ2n) is 5.52. The first kappa shape index (κ1) is 13.4. The topological polar surface area (TPSA) is 64.4 Å². The van der Waals surface area contributed by atoms with Crippen LogP contribution in [0.4, 0.5) is 4.39 Å². The van der Waals surface area contributed by atoms with Gasteiger partial charge in [0.2, 0.25) is 5.91 Å². The second-order valence-corrected chi connectivity index (χ2v) is 5.52. The Hall–Kier alpha value is -1.62. The number of hydrogen-bond acceptors (Lipinski definition) is 3. The maximum atomic E-state index is 13.9. The number of nitrogens with two attached hydrogens (primary N) is 1. The standard InChI is InChI=1S/C15H19FN2O2/c16-12-4-5-14-9(6-7-20-14)11(12)8-18-15(19)10-2-1-3-13(10)17/h4-5,10,13H,1-3,6-8,17H2,(H,18,19)/t10-,13-/m1/s1. The Balaban J connectivity index is 1.70. The predicted molar refractivity (Wildman–Crippen MR) is 72.8 cm³/mol. The highest BCUT2D eigenvalue weighted by atomic mass is 19.1. The van der Waals surface area contributed by atoms with Gasteiger partial charge in [-0.15, -0.1) is 0 Å². The zero-order valence-electron chi connectivity index (χ0n) is 11.3. The average Bonchev–Trinajstić information content (AvgIpc) is 3.05. The van der Waals surface area contributed by atoms with Crippen LogP contribution in [-0.4, -0.2) is 18.6 Å². The van der Waals surface area contributed by atoms with Crippen molar-refractivity contribution in [2.75, 3.05) is 6.61 Å². The van der Waals surface area contributed by atoms with E-state index < -0.39 is 0 Å². The van der Waals surface area contributed by atoms with Crippen molar-refractivity contribution in [3.63, 3.8) is 0 Å². The third kappa shape index (κ3) is 2.38. The Bertz CT molecular complexity index is 533. The molecule has 1 aliphatic carbocycles. The lowest BCUT2D eigenvalue weighted by molar-refractivity contribution is -0.125. The van der Waals surface area contributed by atoms with Crippen LogP contribution in [0.25, 0.3) is 0 Å². The zero-order chi connectivity index (χ0) is 14.1. The summed E-state index contributed by atoms with van der Waals surface area (Å²) in [6.45, 7) is 0.785. The van der Waals surface area contributed by atoms with Crippen molar-refractivity contribution in [2.24, 2.45) is 11.7 Å². The summed E-state index contributed by atoms with van der Waals surface area (Å²) in [7, 11) is 0. The third-order valence-corrected chi connectivity index (χ3v) is 4.29. The molecule has 2 aliphatic rings. The largest absolute Gasteiger partial charge is 0.493 e. The fourth-order valence-corrected chi connectivity index (χ4v) is 3.13. The Morgan fingerprint density at radius 1 is 1.45 bits per heavy atom. The monoisotopic (exact) mass is 278 g/mol. The Morgan fingerprint density at radius 3 is 3.05 bits per heavy atom.